The molecule has 1 fully saturated rings. The average Bonchev–Trinajstić information content (AvgIpc) is 2.65. The molecule has 1 aliphatic rings. The zero-order chi connectivity index (χ0) is 9.97. The Kier molecular flexibility index (Phi) is 3.21. The Morgan fingerprint density at radius 2 is 2.21 bits per heavy atom. The van der Waals surface area contributed by atoms with Crippen molar-refractivity contribution in [3.63, 3.8) is 0 Å². The molecular weight excluding hydrogens is 194 g/mol. The molecule has 2 rings (SSSR count). The van der Waals surface area contributed by atoms with Gasteiger partial charge in [-0.05, 0) is 42.7 Å². The summed E-state index contributed by atoms with van der Waals surface area (Å²) < 4.78 is 5.35. The predicted molar refractivity (Wildman–Crippen MR) is 59.5 cm³/mol. The van der Waals surface area contributed by atoms with Crippen LogP contribution in [0.4, 0.5) is 0 Å². The third-order valence-corrected chi connectivity index (χ3v) is 4.10. The molecule has 1 aromatic rings. The second kappa shape index (κ2) is 4.43. The van der Waals surface area contributed by atoms with Crippen LogP contribution in [0.25, 0.3) is 0 Å². The molecule has 0 unspecified atom stereocenters. The maximum Gasteiger partial charge on any atom is 0.0469 e. The first kappa shape index (κ1) is 10.1. The van der Waals surface area contributed by atoms with E-state index in [1.54, 1.807) is 11.3 Å². The van der Waals surface area contributed by atoms with E-state index in [1.807, 2.05) is 0 Å². The van der Waals surface area contributed by atoms with Gasteiger partial charge in [0.25, 0.3) is 0 Å². The Bertz CT molecular complexity index is 291. The molecular formula is C11H17NOS. The van der Waals surface area contributed by atoms with Crippen molar-refractivity contribution in [1.82, 2.24) is 0 Å². The van der Waals surface area contributed by atoms with Crippen molar-refractivity contribution in [2.45, 2.75) is 25.8 Å². The fourth-order valence-corrected chi connectivity index (χ4v) is 3.04. The lowest BCUT2D eigenvalue weighted by molar-refractivity contribution is 0.0587. The molecule has 2 nitrogen and oxygen atoms in total. The van der Waals surface area contributed by atoms with Gasteiger partial charge in [0.2, 0.25) is 0 Å². The highest BCUT2D eigenvalue weighted by Gasteiger charge is 2.23. The van der Waals surface area contributed by atoms with E-state index >= 15 is 0 Å². The topological polar surface area (TPSA) is 35.2 Å². The molecule has 78 valence electrons. The van der Waals surface area contributed by atoms with Gasteiger partial charge in [-0.1, -0.05) is 0 Å². The second-order valence-electron chi connectivity index (χ2n) is 3.94. The van der Waals surface area contributed by atoms with Crippen LogP contribution in [0.5, 0.6) is 0 Å². The van der Waals surface area contributed by atoms with Gasteiger partial charge in [-0.25, -0.2) is 0 Å². The fraction of sp³-hybridized carbons (Fsp3) is 0.636. The largest absolute Gasteiger partial charge is 0.381 e. The first-order valence-corrected chi connectivity index (χ1v) is 6.04. The molecule has 0 spiro atoms. The number of hydrogen-bond donors (Lipinski definition) is 1. The number of hydrogen-bond acceptors (Lipinski definition) is 3. The molecule has 0 bridgehead atoms. The summed E-state index contributed by atoms with van der Waals surface area (Å²) in [6, 6.07) is 2.37. The zero-order valence-corrected chi connectivity index (χ0v) is 9.35. The van der Waals surface area contributed by atoms with Crippen molar-refractivity contribution in [2.24, 2.45) is 11.7 Å². The molecule has 0 aliphatic carbocycles. The lowest BCUT2D eigenvalue weighted by Gasteiger charge is -2.27. The van der Waals surface area contributed by atoms with Gasteiger partial charge in [0.05, 0.1) is 0 Å². The quantitative estimate of drug-likeness (QED) is 0.815. The van der Waals surface area contributed by atoms with Crippen LogP contribution < -0.4 is 5.73 Å². The number of nitrogens with two attached hydrogens (primary N) is 1. The molecule has 0 radical (unpaired) electrons. The molecule has 3 heteroatoms. The van der Waals surface area contributed by atoms with Crippen molar-refractivity contribution in [1.29, 1.82) is 0 Å². The van der Waals surface area contributed by atoms with Gasteiger partial charge in [-0.2, -0.15) is 0 Å². The summed E-state index contributed by atoms with van der Waals surface area (Å²) >= 11 is 1.79. The molecule has 0 saturated carbocycles. The molecule has 1 aliphatic heterocycles. The molecule has 0 amide bonds. The van der Waals surface area contributed by atoms with Crippen LogP contribution in [-0.4, -0.2) is 13.2 Å². The Hall–Kier alpha value is -0.380. The number of thiophene rings is 1. The summed E-state index contributed by atoms with van der Waals surface area (Å²) in [4.78, 5) is 1.36. The molecule has 1 aromatic heterocycles. The average molecular weight is 211 g/mol. The van der Waals surface area contributed by atoms with E-state index < -0.39 is 0 Å². The van der Waals surface area contributed by atoms with Gasteiger partial charge in [0, 0.05) is 24.1 Å². The van der Waals surface area contributed by atoms with Gasteiger partial charge < -0.3 is 10.5 Å². The fourth-order valence-electron chi connectivity index (χ4n) is 2.01. The van der Waals surface area contributed by atoms with E-state index in [9.17, 15) is 0 Å². The summed E-state index contributed by atoms with van der Waals surface area (Å²) in [7, 11) is 0. The van der Waals surface area contributed by atoms with Gasteiger partial charge in [-0.15, -0.1) is 11.3 Å². The maximum atomic E-state index is 6.27. The van der Waals surface area contributed by atoms with Crippen LogP contribution in [0, 0.1) is 12.8 Å². The third-order valence-electron chi connectivity index (χ3n) is 2.98. The first-order chi connectivity index (χ1) is 6.79. The van der Waals surface area contributed by atoms with Crippen LogP contribution in [0.2, 0.25) is 0 Å². The molecule has 2 N–H and O–H groups in total. The minimum atomic E-state index is 0.221. The molecule has 14 heavy (non-hydrogen) atoms. The van der Waals surface area contributed by atoms with Crippen molar-refractivity contribution < 1.29 is 4.74 Å². The molecule has 1 atom stereocenters. The highest BCUT2D eigenvalue weighted by atomic mass is 32.1. The van der Waals surface area contributed by atoms with E-state index in [0.29, 0.717) is 5.92 Å². The van der Waals surface area contributed by atoms with E-state index in [4.69, 9.17) is 10.5 Å². The summed E-state index contributed by atoms with van der Waals surface area (Å²) in [6.07, 6.45) is 2.22. The van der Waals surface area contributed by atoms with E-state index in [1.165, 1.54) is 10.4 Å². The Morgan fingerprint density at radius 1 is 1.50 bits per heavy atom. The Morgan fingerprint density at radius 3 is 2.79 bits per heavy atom. The van der Waals surface area contributed by atoms with Gasteiger partial charge in [0.1, 0.15) is 0 Å². The normalized spacial score (nSPS) is 21.0. The molecule has 2 heterocycles. The van der Waals surface area contributed by atoms with Crippen LogP contribution in [0.15, 0.2) is 11.4 Å². The van der Waals surface area contributed by atoms with Gasteiger partial charge >= 0.3 is 0 Å². The highest BCUT2D eigenvalue weighted by molar-refractivity contribution is 7.10. The number of ether oxygens (including phenoxy) is 1. The maximum absolute atomic E-state index is 6.27. The monoisotopic (exact) mass is 211 g/mol. The van der Waals surface area contributed by atoms with Gasteiger partial charge in [0.15, 0.2) is 0 Å². The van der Waals surface area contributed by atoms with E-state index in [0.717, 1.165) is 26.1 Å². The van der Waals surface area contributed by atoms with E-state index in [2.05, 4.69) is 18.4 Å². The Labute approximate surface area is 89.1 Å². The third kappa shape index (κ3) is 2.00. The first-order valence-electron chi connectivity index (χ1n) is 5.16. The van der Waals surface area contributed by atoms with Crippen LogP contribution in [0.1, 0.15) is 29.3 Å². The van der Waals surface area contributed by atoms with Gasteiger partial charge in [-0.3, -0.25) is 0 Å². The minimum absolute atomic E-state index is 0.221. The Balaban J connectivity index is 2.07. The molecule has 0 aromatic carbocycles. The van der Waals surface area contributed by atoms with Crippen LogP contribution in [0.3, 0.4) is 0 Å². The predicted octanol–water partition coefficient (Wildman–Crippen LogP) is 2.48. The summed E-state index contributed by atoms with van der Waals surface area (Å²) in [5.74, 6) is 0.612. The lowest BCUT2D eigenvalue weighted by Crippen LogP contribution is -2.27. The van der Waals surface area contributed by atoms with Crippen LogP contribution >= 0.6 is 11.3 Å². The summed E-state index contributed by atoms with van der Waals surface area (Å²) in [5, 5.41) is 2.13. The van der Waals surface area contributed by atoms with Crippen LogP contribution in [-0.2, 0) is 4.74 Å². The van der Waals surface area contributed by atoms with E-state index in [-0.39, 0.29) is 6.04 Å². The van der Waals surface area contributed by atoms with Crippen molar-refractivity contribution >= 4 is 11.3 Å². The molecule has 1 saturated heterocycles. The highest BCUT2D eigenvalue weighted by Crippen LogP contribution is 2.32. The number of rotatable bonds is 2. The van der Waals surface area contributed by atoms with Crippen molar-refractivity contribution in [2.75, 3.05) is 13.2 Å². The van der Waals surface area contributed by atoms with Crippen molar-refractivity contribution in [3.8, 4) is 0 Å². The number of aryl methyl sites for hydroxylation is 1. The minimum Gasteiger partial charge on any atom is -0.381 e. The van der Waals surface area contributed by atoms with Crippen molar-refractivity contribution in [3.05, 3.63) is 21.9 Å². The lowest BCUT2D eigenvalue weighted by atomic mass is 9.90. The smallest absolute Gasteiger partial charge is 0.0469 e. The zero-order valence-electron chi connectivity index (χ0n) is 8.53. The summed E-state index contributed by atoms with van der Waals surface area (Å²) in [6.45, 7) is 3.90. The standard InChI is InChI=1S/C11H17NOS/c1-8-4-7-14-11(8)10(12)9-2-5-13-6-3-9/h4,7,9-10H,2-3,5-6,12H2,1H3/t10-/m1/s1. The SMILES string of the molecule is Cc1ccsc1[C@H](N)C1CCOCC1. The summed E-state index contributed by atoms with van der Waals surface area (Å²) in [5.41, 5.74) is 7.61. The second-order valence-corrected chi connectivity index (χ2v) is 4.89.